The lowest BCUT2D eigenvalue weighted by atomic mass is 10.1. The van der Waals surface area contributed by atoms with Crippen molar-refractivity contribution in [3.63, 3.8) is 0 Å². The Kier molecular flexibility index (Phi) is 4.93. The summed E-state index contributed by atoms with van der Waals surface area (Å²) in [6, 6.07) is 0.509. The molecule has 2 saturated heterocycles. The number of nitrogens with zero attached hydrogens (tertiary/aromatic N) is 3. The van der Waals surface area contributed by atoms with Crippen molar-refractivity contribution >= 4 is 0 Å². The van der Waals surface area contributed by atoms with Crippen LogP contribution >= 0.6 is 0 Å². The predicted molar refractivity (Wildman–Crippen MR) is 81.0 cm³/mol. The van der Waals surface area contributed by atoms with Crippen LogP contribution < -0.4 is 0 Å². The first kappa shape index (κ1) is 15.0. The van der Waals surface area contributed by atoms with Crippen LogP contribution in [0.1, 0.15) is 49.4 Å². The third-order valence-corrected chi connectivity index (χ3v) is 4.82. The molecule has 0 spiro atoms. The Labute approximate surface area is 127 Å². The van der Waals surface area contributed by atoms with Gasteiger partial charge in [-0.3, -0.25) is 9.58 Å². The Morgan fingerprint density at radius 3 is 2.95 bits per heavy atom. The predicted octanol–water partition coefficient (Wildman–Crippen LogP) is 2.41. The minimum Gasteiger partial charge on any atom is -0.353 e. The van der Waals surface area contributed by atoms with Crippen LogP contribution in [0.3, 0.4) is 0 Å². The van der Waals surface area contributed by atoms with Crippen molar-refractivity contribution in [2.45, 2.75) is 51.4 Å². The lowest BCUT2D eigenvalue weighted by molar-refractivity contribution is -0.164. The van der Waals surface area contributed by atoms with Gasteiger partial charge in [-0.2, -0.15) is 5.10 Å². The molecule has 0 aromatic carbocycles. The van der Waals surface area contributed by atoms with E-state index in [9.17, 15) is 0 Å². The summed E-state index contributed by atoms with van der Waals surface area (Å²) in [5, 5.41) is 4.39. The van der Waals surface area contributed by atoms with Gasteiger partial charge in [-0.25, -0.2) is 0 Å². The fourth-order valence-corrected chi connectivity index (χ4v) is 3.43. The second-order valence-electron chi connectivity index (χ2n) is 6.17. The van der Waals surface area contributed by atoms with Gasteiger partial charge in [-0.1, -0.05) is 0 Å². The van der Waals surface area contributed by atoms with Crippen molar-refractivity contribution in [2.24, 2.45) is 7.05 Å². The minimum absolute atomic E-state index is 0.0277. The largest absolute Gasteiger partial charge is 0.353 e. The fourth-order valence-electron chi connectivity index (χ4n) is 3.43. The molecule has 2 atom stereocenters. The molecule has 2 aliphatic rings. The zero-order chi connectivity index (χ0) is 14.7. The molecule has 3 rings (SSSR count). The number of hydrogen-bond donors (Lipinski definition) is 0. The molecule has 5 nitrogen and oxygen atoms in total. The normalized spacial score (nSPS) is 27.3. The van der Waals surface area contributed by atoms with Gasteiger partial charge in [0.1, 0.15) is 0 Å². The number of aromatic nitrogens is 2. The molecular formula is C16H27N3O2. The van der Waals surface area contributed by atoms with Gasteiger partial charge in [0, 0.05) is 37.5 Å². The Balaban J connectivity index is 1.51. The van der Waals surface area contributed by atoms with Crippen molar-refractivity contribution in [3.05, 3.63) is 17.5 Å². The van der Waals surface area contributed by atoms with Crippen LogP contribution in [-0.2, 0) is 16.5 Å². The highest BCUT2D eigenvalue weighted by Gasteiger charge is 2.28. The molecule has 0 N–H and O–H groups in total. The maximum atomic E-state index is 5.88. The molecule has 5 heteroatoms. The number of rotatable bonds is 5. The smallest absolute Gasteiger partial charge is 0.157 e. The average molecular weight is 293 g/mol. The zero-order valence-corrected chi connectivity index (χ0v) is 13.3. The molecule has 3 heterocycles. The summed E-state index contributed by atoms with van der Waals surface area (Å²) in [5.41, 5.74) is 2.66. The summed E-state index contributed by atoms with van der Waals surface area (Å²) in [4.78, 5) is 2.53. The number of ether oxygens (including phenoxy) is 2. The van der Waals surface area contributed by atoms with E-state index in [-0.39, 0.29) is 6.29 Å². The summed E-state index contributed by atoms with van der Waals surface area (Å²) in [5.74, 6) is 0. The van der Waals surface area contributed by atoms with Gasteiger partial charge in [-0.15, -0.1) is 0 Å². The van der Waals surface area contributed by atoms with E-state index >= 15 is 0 Å². The number of hydrogen-bond acceptors (Lipinski definition) is 4. The molecule has 118 valence electrons. The van der Waals surface area contributed by atoms with Crippen LogP contribution in [0.2, 0.25) is 0 Å². The molecule has 2 fully saturated rings. The summed E-state index contributed by atoms with van der Waals surface area (Å²) in [6.45, 7) is 5.92. The monoisotopic (exact) mass is 293 g/mol. The molecule has 0 bridgehead atoms. The van der Waals surface area contributed by atoms with Crippen molar-refractivity contribution in [1.29, 1.82) is 0 Å². The second kappa shape index (κ2) is 6.90. The molecule has 2 unspecified atom stereocenters. The lowest BCUT2D eigenvalue weighted by Gasteiger charge is -2.27. The third kappa shape index (κ3) is 3.47. The minimum atomic E-state index is 0.0277. The van der Waals surface area contributed by atoms with Crippen LogP contribution in [0, 0.1) is 6.92 Å². The van der Waals surface area contributed by atoms with E-state index in [4.69, 9.17) is 9.47 Å². The van der Waals surface area contributed by atoms with Gasteiger partial charge in [0.25, 0.3) is 0 Å². The van der Waals surface area contributed by atoms with Gasteiger partial charge in [0.2, 0.25) is 0 Å². The SMILES string of the molecule is Cc1c(C2CCCN2CCOC2CCCCO2)cnn1C. The molecule has 0 amide bonds. The second-order valence-corrected chi connectivity index (χ2v) is 6.17. The molecule has 0 radical (unpaired) electrons. The van der Waals surface area contributed by atoms with Crippen LogP contribution in [0.25, 0.3) is 0 Å². The first-order valence-corrected chi connectivity index (χ1v) is 8.21. The Bertz CT molecular complexity index is 454. The molecule has 1 aromatic heterocycles. The molecule has 1 aromatic rings. The highest BCUT2D eigenvalue weighted by Crippen LogP contribution is 2.33. The number of likely N-dealkylation sites (tertiary alicyclic amines) is 1. The quantitative estimate of drug-likeness (QED) is 0.836. The Morgan fingerprint density at radius 1 is 1.33 bits per heavy atom. The van der Waals surface area contributed by atoms with Gasteiger partial charge in [0.05, 0.1) is 12.8 Å². The first-order valence-electron chi connectivity index (χ1n) is 8.21. The number of aryl methyl sites for hydroxylation is 1. The van der Waals surface area contributed by atoms with Crippen molar-refractivity contribution in [2.75, 3.05) is 26.3 Å². The lowest BCUT2D eigenvalue weighted by Crippen LogP contribution is -2.30. The van der Waals surface area contributed by atoms with E-state index in [2.05, 4.69) is 16.9 Å². The summed E-state index contributed by atoms with van der Waals surface area (Å²) in [7, 11) is 2.02. The van der Waals surface area contributed by atoms with Crippen molar-refractivity contribution < 1.29 is 9.47 Å². The van der Waals surface area contributed by atoms with Crippen LogP contribution in [0.15, 0.2) is 6.20 Å². The van der Waals surface area contributed by atoms with Gasteiger partial charge in [-0.05, 0) is 45.6 Å². The molecule has 0 aliphatic carbocycles. The van der Waals surface area contributed by atoms with Crippen molar-refractivity contribution in [1.82, 2.24) is 14.7 Å². The maximum absolute atomic E-state index is 5.88. The molecule has 2 aliphatic heterocycles. The van der Waals surface area contributed by atoms with Gasteiger partial charge >= 0.3 is 0 Å². The Morgan fingerprint density at radius 2 is 2.24 bits per heavy atom. The molecule has 0 saturated carbocycles. The maximum Gasteiger partial charge on any atom is 0.157 e. The first-order chi connectivity index (χ1) is 10.3. The topological polar surface area (TPSA) is 39.5 Å². The van der Waals surface area contributed by atoms with E-state index in [1.807, 2.05) is 17.9 Å². The van der Waals surface area contributed by atoms with Gasteiger partial charge < -0.3 is 9.47 Å². The van der Waals surface area contributed by atoms with E-state index < -0.39 is 0 Å². The highest BCUT2D eigenvalue weighted by atomic mass is 16.7. The van der Waals surface area contributed by atoms with E-state index in [1.165, 1.54) is 36.9 Å². The summed E-state index contributed by atoms with van der Waals surface area (Å²) >= 11 is 0. The van der Waals surface area contributed by atoms with Crippen LogP contribution in [-0.4, -0.2) is 47.3 Å². The third-order valence-electron chi connectivity index (χ3n) is 4.82. The highest BCUT2D eigenvalue weighted by molar-refractivity contribution is 5.21. The standard InChI is InChI=1S/C16H27N3O2/c1-13-14(12-17-18(13)2)15-6-5-8-19(15)9-11-21-16-7-3-4-10-20-16/h12,15-16H,3-11H2,1-2H3. The summed E-state index contributed by atoms with van der Waals surface area (Å²) < 4.78 is 13.5. The Hall–Kier alpha value is -0.910. The summed E-state index contributed by atoms with van der Waals surface area (Å²) in [6.07, 6.45) is 8.00. The van der Waals surface area contributed by atoms with Crippen LogP contribution in [0.4, 0.5) is 0 Å². The van der Waals surface area contributed by atoms with Crippen LogP contribution in [0.5, 0.6) is 0 Å². The van der Waals surface area contributed by atoms with Gasteiger partial charge in [0.15, 0.2) is 6.29 Å². The van der Waals surface area contributed by atoms with E-state index in [1.54, 1.807) is 0 Å². The van der Waals surface area contributed by atoms with Crippen molar-refractivity contribution in [3.8, 4) is 0 Å². The van der Waals surface area contributed by atoms with E-state index in [0.717, 1.165) is 32.7 Å². The molecule has 21 heavy (non-hydrogen) atoms. The zero-order valence-electron chi connectivity index (χ0n) is 13.3. The fraction of sp³-hybridized carbons (Fsp3) is 0.812. The average Bonchev–Trinajstić information content (AvgIpc) is 3.08. The van der Waals surface area contributed by atoms with E-state index in [0.29, 0.717) is 6.04 Å². The molecular weight excluding hydrogens is 266 g/mol.